The van der Waals surface area contributed by atoms with Crippen molar-refractivity contribution in [2.45, 2.75) is 6.92 Å². The number of hydrogen-bond acceptors (Lipinski definition) is 2. The number of fused-ring (bicyclic) bond motifs is 1. The average Bonchev–Trinajstić information content (AvgIpc) is 2.66. The molecule has 2 heterocycles. The van der Waals surface area contributed by atoms with Gasteiger partial charge in [-0.3, -0.25) is 9.69 Å². The third-order valence-electron chi connectivity index (χ3n) is 3.20. The molecule has 94 valence electrons. The van der Waals surface area contributed by atoms with Crippen LogP contribution in [-0.4, -0.2) is 10.9 Å². The smallest absolute Gasteiger partial charge is 0.264 e. The van der Waals surface area contributed by atoms with Gasteiger partial charge in [0.25, 0.3) is 5.91 Å². The summed E-state index contributed by atoms with van der Waals surface area (Å²) in [5, 5.41) is 0. The van der Waals surface area contributed by atoms with Crippen molar-refractivity contribution in [1.29, 1.82) is 0 Å². The molecule has 0 atom stereocenters. The lowest BCUT2D eigenvalue weighted by Crippen LogP contribution is -2.23. The van der Waals surface area contributed by atoms with Crippen LogP contribution in [0.15, 0.2) is 47.6 Å². The van der Waals surface area contributed by atoms with Crippen LogP contribution in [0.3, 0.4) is 0 Å². The number of halogens is 1. The molecule has 3 rings (SSSR count). The van der Waals surface area contributed by atoms with Crippen molar-refractivity contribution in [3.8, 4) is 0 Å². The number of anilines is 1. The Morgan fingerprint density at radius 2 is 1.95 bits per heavy atom. The molecule has 1 aromatic carbocycles. The van der Waals surface area contributed by atoms with E-state index in [0.717, 1.165) is 15.6 Å². The minimum absolute atomic E-state index is 0.0742. The van der Waals surface area contributed by atoms with Gasteiger partial charge in [-0.1, -0.05) is 24.8 Å². The van der Waals surface area contributed by atoms with Gasteiger partial charge < -0.3 is 0 Å². The number of aryl methyl sites for hydroxylation is 1. The lowest BCUT2D eigenvalue weighted by atomic mass is 10.1. The van der Waals surface area contributed by atoms with Crippen molar-refractivity contribution in [3.63, 3.8) is 0 Å². The number of amides is 1. The van der Waals surface area contributed by atoms with E-state index < -0.39 is 0 Å². The number of rotatable bonds is 1. The molecule has 0 fully saturated rings. The Hall–Kier alpha value is -1.94. The number of carbonyl (C=O) groups is 1. The molecule has 1 aliphatic heterocycles. The summed E-state index contributed by atoms with van der Waals surface area (Å²) in [5.41, 5.74) is 3.25. The van der Waals surface area contributed by atoms with E-state index in [1.54, 1.807) is 11.1 Å². The maximum Gasteiger partial charge on any atom is 0.264 e. The summed E-state index contributed by atoms with van der Waals surface area (Å²) in [6, 6.07) is 9.35. The molecule has 0 radical (unpaired) electrons. The topological polar surface area (TPSA) is 33.2 Å². The zero-order chi connectivity index (χ0) is 13.6. The van der Waals surface area contributed by atoms with Gasteiger partial charge in [-0.2, -0.15) is 0 Å². The molecular weight excluding hydrogens is 304 g/mol. The third kappa shape index (κ3) is 1.79. The highest BCUT2D eigenvalue weighted by Crippen LogP contribution is 2.35. The summed E-state index contributed by atoms with van der Waals surface area (Å²) in [7, 11) is 0. The number of carbonyl (C=O) groups excluding carboxylic acids is 1. The average molecular weight is 315 g/mol. The highest BCUT2D eigenvalue weighted by Gasteiger charge is 2.32. The van der Waals surface area contributed by atoms with E-state index in [4.69, 9.17) is 0 Å². The largest absolute Gasteiger partial charge is 0.268 e. The quantitative estimate of drug-likeness (QED) is 0.802. The molecule has 0 N–H and O–H groups in total. The van der Waals surface area contributed by atoms with E-state index in [2.05, 4.69) is 27.5 Å². The summed E-state index contributed by atoms with van der Waals surface area (Å²) < 4.78 is 0.922. The van der Waals surface area contributed by atoms with E-state index in [-0.39, 0.29) is 5.91 Å². The molecule has 3 nitrogen and oxygen atoms in total. The van der Waals surface area contributed by atoms with Crippen LogP contribution in [0.4, 0.5) is 5.82 Å². The van der Waals surface area contributed by atoms with Gasteiger partial charge in [0.2, 0.25) is 0 Å². The van der Waals surface area contributed by atoms with E-state index >= 15 is 0 Å². The van der Waals surface area contributed by atoms with Gasteiger partial charge in [-0.25, -0.2) is 4.98 Å². The van der Waals surface area contributed by atoms with Crippen LogP contribution in [0.5, 0.6) is 0 Å². The number of pyridine rings is 1. The van der Waals surface area contributed by atoms with Gasteiger partial charge in [0.05, 0.1) is 5.70 Å². The monoisotopic (exact) mass is 314 g/mol. The third-order valence-corrected chi connectivity index (χ3v) is 4.03. The first-order chi connectivity index (χ1) is 9.09. The minimum atomic E-state index is -0.0742. The molecule has 1 amide bonds. The molecule has 0 aliphatic carbocycles. The second kappa shape index (κ2) is 4.31. The number of hydrogen-bond donors (Lipinski definition) is 0. The molecule has 0 unspecified atom stereocenters. The van der Waals surface area contributed by atoms with Crippen LogP contribution < -0.4 is 4.90 Å². The van der Waals surface area contributed by atoms with Crippen molar-refractivity contribution < 1.29 is 4.79 Å². The van der Waals surface area contributed by atoms with Crippen molar-refractivity contribution in [2.75, 3.05) is 4.90 Å². The summed E-state index contributed by atoms with van der Waals surface area (Å²) >= 11 is 3.41. The highest BCUT2D eigenvalue weighted by atomic mass is 79.9. The predicted molar refractivity (Wildman–Crippen MR) is 79.0 cm³/mol. The number of aromatic nitrogens is 1. The first kappa shape index (κ1) is 12.1. The Morgan fingerprint density at radius 3 is 2.58 bits per heavy atom. The van der Waals surface area contributed by atoms with E-state index in [1.165, 1.54) is 0 Å². The lowest BCUT2D eigenvalue weighted by Gasteiger charge is -2.17. The number of benzene rings is 1. The molecule has 19 heavy (non-hydrogen) atoms. The van der Waals surface area contributed by atoms with Crippen LogP contribution in [0.1, 0.15) is 21.5 Å². The van der Waals surface area contributed by atoms with Gasteiger partial charge in [0.1, 0.15) is 5.82 Å². The SMILES string of the molecule is C=C1c2ccccc2C(=O)N1c1cc(C)c(Br)cn1. The number of nitrogens with zero attached hydrogens (tertiary/aromatic N) is 2. The van der Waals surface area contributed by atoms with Gasteiger partial charge in [-0.05, 0) is 40.5 Å². The van der Waals surface area contributed by atoms with Crippen LogP contribution in [-0.2, 0) is 0 Å². The maximum atomic E-state index is 12.4. The standard InChI is InChI=1S/C15H11BrN2O/c1-9-7-14(17-8-13(9)16)18-10(2)11-5-3-4-6-12(11)15(18)19/h3-8H,2H2,1H3. The van der Waals surface area contributed by atoms with Gasteiger partial charge in [-0.15, -0.1) is 0 Å². The summed E-state index contributed by atoms with van der Waals surface area (Å²) in [6.45, 7) is 5.97. The van der Waals surface area contributed by atoms with Gasteiger partial charge >= 0.3 is 0 Å². The predicted octanol–water partition coefficient (Wildman–Crippen LogP) is 3.78. The van der Waals surface area contributed by atoms with Crippen molar-refractivity contribution in [2.24, 2.45) is 0 Å². The van der Waals surface area contributed by atoms with Gasteiger partial charge in [0, 0.05) is 21.8 Å². The van der Waals surface area contributed by atoms with Crippen LogP contribution in [0.25, 0.3) is 5.70 Å². The summed E-state index contributed by atoms with van der Waals surface area (Å²) in [6.07, 6.45) is 1.70. The van der Waals surface area contributed by atoms with Crippen molar-refractivity contribution in [1.82, 2.24) is 4.98 Å². The fourth-order valence-corrected chi connectivity index (χ4v) is 2.39. The van der Waals surface area contributed by atoms with E-state index in [1.807, 2.05) is 37.3 Å². The second-order valence-electron chi connectivity index (χ2n) is 4.42. The van der Waals surface area contributed by atoms with Crippen molar-refractivity contribution in [3.05, 3.63) is 64.3 Å². The fourth-order valence-electron chi connectivity index (χ4n) is 2.17. The molecule has 1 aliphatic rings. The van der Waals surface area contributed by atoms with Crippen LogP contribution >= 0.6 is 15.9 Å². The molecule has 0 saturated heterocycles. The fraction of sp³-hybridized carbons (Fsp3) is 0.0667. The normalized spacial score (nSPS) is 13.9. The highest BCUT2D eigenvalue weighted by molar-refractivity contribution is 9.10. The van der Waals surface area contributed by atoms with E-state index in [9.17, 15) is 4.79 Å². The maximum absolute atomic E-state index is 12.4. The Labute approximate surface area is 119 Å². The molecule has 0 saturated carbocycles. The Morgan fingerprint density at radius 1 is 1.26 bits per heavy atom. The Bertz CT molecular complexity index is 674. The first-order valence-corrected chi connectivity index (χ1v) is 6.64. The Kier molecular flexibility index (Phi) is 2.75. The molecule has 1 aromatic heterocycles. The van der Waals surface area contributed by atoms with Crippen LogP contribution in [0.2, 0.25) is 0 Å². The minimum Gasteiger partial charge on any atom is -0.268 e. The van der Waals surface area contributed by atoms with Crippen molar-refractivity contribution >= 4 is 33.4 Å². The van der Waals surface area contributed by atoms with Gasteiger partial charge in [0.15, 0.2) is 0 Å². The Balaban J connectivity index is 2.11. The molecule has 2 aromatic rings. The molecular formula is C15H11BrN2O. The second-order valence-corrected chi connectivity index (χ2v) is 5.28. The summed E-state index contributed by atoms with van der Waals surface area (Å²) in [5.74, 6) is 0.529. The van der Waals surface area contributed by atoms with Crippen LogP contribution in [0, 0.1) is 6.92 Å². The molecule has 0 bridgehead atoms. The summed E-state index contributed by atoms with van der Waals surface area (Å²) in [4.78, 5) is 18.3. The lowest BCUT2D eigenvalue weighted by molar-refractivity contribution is 0.101. The zero-order valence-electron chi connectivity index (χ0n) is 10.4. The van der Waals surface area contributed by atoms with E-state index in [0.29, 0.717) is 17.1 Å². The first-order valence-electron chi connectivity index (χ1n) is 5.84. The zero-order valence-corrected chi connectivity index (χ0v) is 11.9. The molecule has 0 spiro atoms. The molecule has 4 heteroatoms.